The van der Waals surface area contributed by atoms with Crippen LogP contribution in [0, 0.1) is 11.7 Å². The van der Waals surface area contributed by atoms with E-state index >= 15 is 0 Å². The van der Waals surface area contributed by atoms with Gasteiger partial charge in [0.1, 0.15) is 0 Å². The lowest BCUT2D eigenvalue weighted by Gasteiger charge is -2.32. The molecule has 1 saturated heterocycles. The van der Waals surface area contributed by atoms with Gasteiger partial charge in [-0.05, 0) is 31.7 Å². The van der Waals surface area contributed by atoms with Crippen LogP contribution in [-0.2, 0) is 0 Å². The fraction of sp³-hybridized carbons (Fsp3) is 0.667. The SMILES string of the molecule is COc1nc(N2CCCC(CCN)C2)ncc1F. The van der Waals surface area contributed by atoms with Gasteiger partial charge >= 0.3 is 0 Å². The average molecular weight is 254 g/mol. The molecule has 0 saturated carbocycles. The Hall–Kier alpha value is -1.43. The molecule has 1 aliphatic rings. The molecule has 2 rings (SSSR count). The molecule has 1 atom stereocenters. The van der Waals surface area contributed by atoms with Crippen LogP contribution in [0.25, 0.3) is 0 Å². The fourth-order valence-electron chi connectivity index (χ4n) is 2.36. The lowest BCUT2D eigenvalue weighted by atomic mass is 9.95. The molecule has 0 spiro atoms. The Kier molecular flexibility index (Phi) is 4.30. The van der Waals surface area contributed by atoms with Gasteiger partial charge < -0.3 is 15.4 Å². The van der Waals surface area contributed by atoms with Crippen LogP contribution >= 0.6 is 0 Å². The van der Waals surface area contributed by atoms with Crippen LogP contribution in [0.5, 0.6) is 5.88 Å². The van der Waals surface area contributed by atoms with Crippen LogP contribution in [0.4, 0.5) is 10.3 Å². The van der Waals surface area contributed by atoms with Crippen LogP contribution in [-0.4, -0.2) is 36.7 Å². The van der Waals surface area contributed by atoms with E-state index in [1.54, 1.807) is 0 Å². The highest BCUT2D eigenvalue weighted by molar-refractivity contribution is 5.33. The van der Waals surface area contributed by atoms with E-state index < -0.39 is 5.82 Å². The van der Waals surface area contributed by atoms with E-state index in [-0.39, 0.29) is 5.88 Å². The number of nitrogens with zero attached hydrogens (tertiary/aromatic N) is 3. The van der Waals surface area contributed by atoms with Gasteiger partial charge in [0.2, 0.25) is 11.8 Å². The number of methoxy groups -OCH3 is 1. The number of anilines is 1. The number of ether oxygens (including phenoxy) is 1. The molecule has 5 nitrogen and oxygen atoms in total. The maximum Gasteiger partial charge on any atom is 0.255 e. The van der Waals surface area contributed by atoms with E-state index in [9.17, 15) is 4.39 Å². The summed E-state index contributed by atoms with van der Waals surface area (Å²) in [5, 5.41) is 0. The molecular weight excluding hydrogens is 235 g/mol. The van der Waals surface area contributed by atoms with Gasteiger partial charge in [-0.2, -0.15) is 9.37 Å². The van der Waals surface area contributed by atoms with Gasteiger partial charge in [0.15, 0.2) is 0 Å². The van der Waals surface area contributed by atoms with E-state index in [0.29, 0.717) is 18.4 Å². The Labute approximate surface area is 106 Å². The van der Waals surface area contributed by atoms with Crippen molar-refractivity contribution in [3.63, 3.8) is 0 Å². The topological polar surface area (TPSA) is 64.3 Å². The lowest BCUT2D eigenvalue weighted by molar-refractivity contribution is 0.362. The van der Waals surface area contributed by atoms with Gasteiger partial charge in [-0.15, -0.1) is 0 Å². The summed E-state index contributed by atoms with van der Waals surface area (Å²) < 4.78 is 18.1. The Morgan fingerprint density at radius 2 is 2.44 bits per heavy atom. The highest BCUT2D eigenvalue weighted by Gasteiger charge is 2.22. The van der Waals surface area contributed by atoms with Gasteiger partial charge in [-0.3, -0.25) is 0 Å². The lowest BCUT2D eigenvalue weighted by Crippen LogP contribution is -2.37. The van der Waals surface area contributed by atoms with Crippen LogP contribution in [0.1, 0.15) is 19.3 Å². The largest absolute Gasteiger partial charge is 0.479 e. The third kappa shape index (κ3) is 2.87. The van der Waals surface area contributed by atoms with Crippen molar-refractivity contribution in [1.29, 1.82) is 0 Å². The quantitative estimate of drug-likeness (QED) is 0.874. The highest BCUT2D eigenvalue weighted by Crippen LogP contribution is 2.24. The summed E-state index contributed by atoms with van der Waals surface area (Å²) >= 11 is 0. The van der Waals surface area contributed by atoms with E-state index in [1.165, 1.54) is 13.5 Å². The molecule has 1 aliphatic heterocycles. The third-order valence-electron chi connectivity index (χ3n) is 3.27. The first-order chi connectivity index (χ1) is 8.74. The van der Waals surface area contributed by atoms with Gasteiger partial charge in [-0.1, -0.05) is 0 Å². The predicted molar refractivity (Wildman–Crippen MR) is 67.2 cm³/mol. The van der Waals surface area contributed by atoms with Crippen molar-refractivity contribution in [2.24, 2.45) is 11.7 Å². The zero-order valence-corrected chi connectivity index (χ0v) is 10.6. The van der Waals surface area contributed by atoms with Crippen LogP contribution in [0.15, 0.2) is 6.20 Å². The number of rotatable bonds is 4. The summed E-state index contributed by atoms with van der Waals surface area (Å²) in [4.78, 5) is 10.2. The number of piperidine rings is 1. The van der Waals surface area contributed by atoms with Gasteiger partial charge in [-0.25, -0.2) is 4.98 Å². The molecule has 2 heterocycles. The normalized spacial score (nSPS) is 19.9. The standard InChI is InChI=1S/C12H19FN4O/c1-18-11-10(13)7-15-12(16-11)17-6-2-3-9(8-17)4-5-14/h7,9H,2-6,8,14H2,1H3. The van der Waals surface area contributed by atoms with E-state index in [1.807, 2.05) is 0 Å². The first-order valence-corrected chi connectivity index (χ1v) is 6.26. The first-order valence-electron chi connectivity index (χ1n) is 6.26. The molecule has 1 fully saturated rings. The Bertz CT molecular complexity index is 400. The predicted octanol–water partition coefficient (Wildman–Crippen LogP) is 1.19. The number of hydrogen-bond donors (Lipinski definition) is 1. The van der Waals surface area contributed by atoms with Crippen molar-refractivity contribution < 1.29 is 9.13 Å². The summed E-state index contributed by atoms with van der Waals surface area (Å²) in [6.07, 6.45) is 4.45. The molecule has 18 heavy (non-hydrogen) atoms. The zero-order valence-electron chi connectivity index (χ0n) is 10.6. The summed E-state index contributed by atoms with van der Waals surface area (Å²) in [6, 6.07) is 0. The van der Waals surface area contributed by atoms with Crippen LogP contribution in [0.3, 0.4) is 0 Å². The number of hydrogen-bond acceptors (Lipinski definition) is 5. The Balaban J connectivity index is 2.10. The van der Waals surface area contributed by atoms with Gasteiger partial charge in [0.25, 0.3) is 5.88 Å². The molecule has 0 bridgehead atoms. The van der Waals surface area contributed by atoms with Gasteiger partial charge in [0, 0.05) is 13.1 Å². The molecule has 0 aliphatic carbocycles. The maximum atomic E-state index is 13.2. The summed E-state index contributed by atoms with van der Waals surface area (Å²) in [5.41, 5.74) is 5.59. The van der Waals surface area contributed by atoms with E-state index in [0.717, 1.165) is 32.1 Å². The van der Waals surface area contributed by atoms with Crippen molar-refractivity contribution >= 4 is 5.95 Å². The molecule has 0 aromatic carbocycles. The molecule has 1 aromatic heterocycles. The number of halogens is 1. The zero-order chi connectivity index (χ0) is 13.0. The smallest absolute Gasteiger partial charge is 0.255 e. The first kappa shape index (κ1) is 13.0. The monoisotopic (exact) mass is 254 g/mol. The Morgan fingerprint density at radius 1 is 1.61 bits per heavy atom. The van der Waals surface area contributed by atoms with Gasteiger partial charge in [0.05, 0.1) is 13.3 Å². The molecule has 0 radical (unpaired) electrons. The Morgan fingerprint density at radius 3 is 3.17 bits per heavy atom. The van der Waals surface area contributed by atoms with Crippen LogP contribution < -0.4 is 15.4 Å². The second kappa shape index (κ2) is 5.95. The van der Waals surface area contributed by atoms with Crippen molar-refractivity contribution in [3.05, 3.63) is 12.0 Å². The van der Waals surface area contributed by atoms with Crippen molar-refractivity contribution in [2.75, 3.05) is 31.6 Å². The van der Waals surface area contributed by atoms with Crippen molar-refractivity contribution in [3.8, 4) is 5.88 Å². The van der Waals surface area contributed by atoms with E-state index in [4.69, 9.17) is 10.5 Å². The minimum Gasteiger partial charge on any atom is -0.479 e. The third-order valence-corrected chi connectivity index (χ3v) is 3.27. The molecule has 0 amide bonds. The van der Waals surface area contributed by atoms with Crippen molar-refractivity contribution in [2.45, 2.75) is 19.3 Å². The second-order valence-corrected chi connectivity index (χ2v) is 4.56. The molecule has 100 valence electrons. The number of aromatic nitrogens is 2. The fourth-order valence-corrected chi connectivity index (χ4v) is 2.36. The molecule has 1 aromatic rings. The van der Waals surface area contributed by atoms with Crippen molar-refractivity contribution in [1.82, 2.24) is 9.97 Å². The highest BCUT2D eigenvalue weighted by atomic mass is 19.1. The minimum absolute atomic E-state index is 0.000878. The molecular formula is C12H19FN4O. The van der Waals surface area contributed by atoms with Crippen LogP contribution in [0.2, 0.25) is 0 Å². The molecule has 2 N–H and O–H groups in total. The molecule has 1 unspecified atom stereocenters. The average Bonchev–Trinajstić information content (AvgIpc) is 2.40. The second-order valence-electron chi connectivity index (χ2n) is 4.56. The minimum atomic E-state index is -0.531. The van der Waals surface area contributed by atoms with E-state index in [2.05, 4.69) is 14.9 Å². The maximum absolute atomic E-state index is 13.2. The molecule has 6 heteroatoms. The summed E-state index contributed by atoms with van der Waals surface area (Å²) in [6.45, 7) is 2.48. The number of nitrogens with two attached hydrogens (primary N) is 1. The summed E-state index contributed by atoms with van der Waals surface area (Å²) in [5.74, 6) is 0.580. The summed E-state index contributed by atoms with van der Waals surface area (Å²) in [7, 11) is 1.41.